The summed E-state index contributed by atoms with van der Waals surface area (Å²) in [6.07, 6.45) is 8.34. The molecule has 3 rings (SSSR count). The minimum atomic E-state index is -1.29. The molecular formula is C22H23N3O. The Bertz CT molecular complexity index is 881. The molecule has 4 heteroatoms. The third-order valence-electron chi connectivity index (χ3n) is 4.68. The van der Waals surface area contributed by atoms with Crippen LogP contribution >= 0.6 is 0 Å². The van der Waals surface area contributed by atoms with Crippen molar-refractivity contribution < 1.29 is 5.11 Å². The summed E-state index contributed by atoms with van der Waals surface area (Å²) in [5.74, 6) is 0. The molecule has 2 heterocycles. The number of hydrogen-bond acceptors (Lipinski definition) is 4. The van der Waals surface area contributed by atoms with Crippen molar-refractivity contribution in [3.8, 4) is 11.1 Å². The number of pyridine rings is 1. The molecule has 2 aromatic heterocycles. The highest BCUT2D eigenvalue weighted by Crippen LogP contribution is 2.43. The number of aromatic nitrogens is 3. The largest absolute Gasteiger partial charge is 0.378 e. The van der Waals surface area contributed by atoms with Crippen molar-refractivity contribution in [2.75, 3.05) is 0 Å². The third-order valence-corrected chi connectivity index (χ3v) is 4.68. The topological polar surface area (TPSA) is 58.9 Å². The van der Waals surface area contributed by atoms with Gasteiger partial charge in [-0.2, -0.15) is 0 Å². The number of hydrogen-bond donors (Lipinski definition) is 1. The minimum absolute atomic E-state index is 0.488. The van der Waals surface area contributed by atoms with Gasteiger partial charge in [-0.05, 0) is 17.2 Å². The molecule has 3 aromatic rings. The lowest BCUT2D eigenvalue weighted by atomic mass is 9.70. The van der Waals surface area contributed by atoms with Gasteiger partial charge in [-0.1, -0.05) is 63.8 Å². The van der Waals surface area contributed by atoms with Gasteiger partial charge < -0.3 is 5.11 Å². The zero-order valence-electron chi connectivity index (χ0n) is 15.3. The van der Waals surface area contributed by atoms with Crippen LogP contribution in [0.25, 0.3) is 17.2 Å². The van der Waals surface area contributed by atoms with Crippen LogP contribution in [0, 0.1) is 5.41 Å². The predicted molar refractivity (Wildman–Crippen MR) is 104 cm³/mol. The molecule has 0 saturated heterocycles. The molecule has 0 aliphatic carbocycles. The van der Waals surface area contributed by atoms with Crippen LogP contribution in [0.15, 0.2) is 67.9 Å². The highest BCUT2D eigenvalue weighted by molar-refractivity contribution is 5.65. The summed E-state index contributed by atoms with van der Waals surface area (Å²) in [5.41, 5.74) is 2.55. The fourth-order valence-electron chi connectivity index (χ4n) is 3.04. The maximum Gasteiger partial charge on any atom is 0.139 e. The fraction of sp³-hybridized carbons (Fsp3) is 0.227. The van der Waals surface area contributed by atoms with Crippen molar-refractivity contribution in [3.63, 3.8) is 0 Å². The number of aliphatic hydroxyl groups is 1. The van der Waals surface area contributed by atoms with Gasteiger partial charge in [-0.25, -0.2) is 9.97 Å². The quantitative estimate of drug-likeness (QED) is 0.758. The standard InChI is InChI=1S/C22H23N3O/c1-5-16-6-8-17(9-7-16)18-10-11-20(25-12-18)22(26,21(2,3)4)19-13-23-15-24-14-19/h5-15,26H,1H2,2-4H3. The molecule has 4 nitrogen and oxygen atoms in total. The van der Waals surface area contributed by atoms with Crippen LogP contribution in [0.5, 0.6) is 0 Å². The molecule has 0 aliphatic rings. The Kier molecular flexibility index (Phi) is 4.70. The zero-order chi connectivity index (χ0) is 18.8. The Morgan fingerprint density at radius 1 is 0.885 bits per heavy atom. The summed E-state index contributed by atoms with van der Waals surface area (Å²) in [7, 11) is 0. The van der Waals surface area contributed by atoms with Crippen molar-refractivity contribution in [1.29, 1.82) is 0 Å². The van der Waals surface area contributed by atoms with Crippen molar-refractivity contribution in [1.82, 2.24) is 15.0 Å². The first kappa shape index (κ1) is 18.0. The van der Waals surface area contributed by atoms with Crippen LogP contribution in [0.1, 0.15) is 37.6 Å². The number of nitrogens with zero attached hydrogens (tertiary/aromatic N) is 3. The Labute approximate surface area is 154 Å². The van der Waals surface area contributed by atoms with Crippen LogP contribution in [0.4, 0.5) is 0 Å². The van der Waals surface area contributed by atoms with Crippen LogP contribution in [0.2, 0.25) is 0 Å². The molecule has 0 fully saturated rings. The van der Waals surface area contributed by atoms with Gasteiger partial charge in [0, 0.05) is 35.1 Å². The third kappa shape index (κ3) is 3.16. The SMILES string of the molecule is C=Cc1ccc(-c2ccc(C(O)(c3cncnc3)C(C)(C)C)nc2)cc1. The lowest BCUT2D eigenvalue weighted by Gasteiger charge is -2.39. The summed E-state index contributed by atoms with van der Waals surface area (Å²) < 4.78 is 0. The summed E-state index contributed by atoms with van der Waals surface area (Å²) >= 11 is 0. The second kappa shape index (κ2) is 6.81. The van der Waals surface area contributed by atoms with E-state index in [1.165, 1.54) is 6.33 Å². The lowest BCUT2D eigenvalue weighted by Crippen LogP contribution is -2.42. The summed E-state index contributed by atoms with van der Waals surface area (Å²) in [6.45, 7) is 9.70. The minimum Gasteiger partial charge on any atom is -0.378 e. The van der Waals surface area contributed by atoms with E-state index in [0.29, 0.717) is 11.3 Å². The van der Waals surface area contributed by atoms with E-state index in [-0.39, 0.29) is 0 Å². The number of benzene rings is 1. The summed E-state index contributed by atoms with van der Waals surface area (Å²) in [6, 6.07) is 12.0. The van der Waals surface area contributed by atoms with Crippen LogP contribution < -0.4 is 0 Å². The molecule has 0 spiro atoms. The first-order valence-electron chi connectivity index (χ1n) is 8.53. The highest BCUT2D eigenvalue weighted by Gasteiger charge is 2.45. The van der Waals surface area contributed by atoms with E-state index in [9.17, 15) is 5.11 Å². The van der Waals surface area contributed by atoms with E-state index in [2.05, 4.69) is 21.5 Å². The molecule has 1 N–H and O–H groups in total. The van der Waals surface area contributed by atoms with Gasteiger partial charge in [0.15, 0.2) is 0 Å². The molecule has 1 aromatic carbocycles. The van der Waals surface area contributed by atoms with Gasteiger partial charge in [-0.3, -0.25) is 4.98 Å². The van der Waals surface area contributed by atoms with Gasteiger partial charge in [0.1, 0.15) is 11.9 Å². The molecule has 0 aliphatic heterocycles. The monoisotopic (exact) mass is 345 g/mol. The van der Waals surface area contributed by atoms with Gasteiger partial charge in [0.2, 0.25) is 0 Å². The van der Waals surface area contributed by atoms with Crippen molar-refractivity contribution >= 4 is 6.08 Å². The average Bonchev–Trinajstić information content (AvgIpc) is 2.67. The molecule has 1 unspecified atom stereocenters. The molecular weight excluding hydrogens is 322 g/mol. The van der Waals surface area contributed by atoms with E-state index in [1.54, 1.807) is 18.6 Å². The van der Waals surface area contributed by atoms with E-state index in [0.717, 1.165) is 16.7 Å². The van der Waals surface area contributed by atoms with E-state index in [1.807, 2.05) is 63.2 Å². The van der Waals surface area contributed by atoms with Crippen molar-refractivity contribution in [2.24, 2.45) is 5.41 Å². The van der Waals surface area contributed by atoms with Crippen LogP contribution in [0.3, 0.4) is 0 Å². The second-order valence-electron chi connectivity index (χ2n) is 7.35. The maximum atomic E-state index is 11.6. The normalized spacial score (nSPS) is 13.8. The van der Waals surface area contributed by atoms with Gasteiger partial charge in [0.25, 0.3) is 0 Å². The van der Waals surface area contributed by atoms with Gasteiger partial charge in [-0.15, -0.1) is 0 Å². The summed E-state index contributed by atoms with van der Waals surface area (Å²) in [4.78, 5) is 12.7. The maximum absolute atomic E-state index is 11.6. The number of rotatable bonds is 4. The Morgan fingerprint density at radius 3 is 2.00 bits per heavy atom. The molecule has 0 bridgehead atoms. The molecule has 26 heavy (non-hydrogen) atoms. The molecule has 132 valence electrons. The van der Waals surface area contributed by atoms with Gasteiger partial charge >= 0.3 is 0 Å². The van der Waals surface area contributed by atoms with Crippen LogP contribution in [-0.2, 0) is 5.60 Å². The Hall–Kier alpha value is -2.85. The van der Waals surface area contributed by atoms with Crippen molar-refractivity contribution in [3.05, 3.63) is 84.7 Å². The van der Waals surface area contributed by atoms with E-state index >= 15 is 0 Å². The fourth-order valence-corrected chi connectivity index (χ4v) is 3.04. The predicted octanol–water partition coefficient (Wildman–Crippen LogP) is 4.46. The lowest BCUT2D eigenvalue weighted by molar-refractivity contribution is -0.0301. The van der Waals surface area contributed by atoms with E-state index in [4.69, 9.17) is 0 Å². The second-order valence-corrected chi connectivity index (χ2v) is 7.35. The van der Waals surface area contributed by atoms with Crippen LogP contribution in [-0.4, -0.2) is 20.1 Å². The Balaban J connectivity index is 2.03. The molecule has 0 radical (unpaired) electrons. The Morgan fingerprint density at radius 2 is 1.50 bits per heavy atom. The zero-order valence-corrected chi connectivity index (χ0v) is 15.3. The molecule has 0 amide bonds. The molecule has 1 atom stereocenters. The molecule has 0 saturated carbocycles. The van der Waals surface area contributed by atoms with E-state index < -0.39 is 11.0 Å². The average molecular weight is 345 g/mol. The van der Waals surface area contributed by atoms with Gasteiger partial charge in [0.05, 0.1) is 5.69 Å². The first-order valence-corrected chi connectivity index (χ1v) is 8.53. The summed E-state index contributed by atoms with van der Waals surface area (Å²) in [5, 5.41) is 11.6. The first-order chi connectivity index (χ1) is 12.4. The smallest absolute Gasteiger partial charge is 0.139 e. The highest BCUT2D eigenvalue weighted by atomic mass is 16.3. The van der Waals surface area contributed by atoms with Crippen molar-refractivity contribution in [2.45, 2.75) is 26.4 Å².